The molecule has 1 aromatic heterocycles. The second-order valence-corrected chi connectivity index (χ2v) is 6.46. The molecule has 2 heterocycles. The zero-order valence-corrected chi connectivity index (χ0v) is 12.1. The van der Waals surface area contributed by atoms with Gasteiger partial charge in [-0.15, -0.1) is 0 Å². The van der Waals surface area contributed by atoms with Crippen LogP contribution in [0.5, 0.6) is 0 Å². The van der Waals surface area contributed by atoms with Gasteiger partial charge in [0.15, 0.2) is 0 Å². The fourth-order valence-electron chi connectivity index (χ4n) is 3.15. The van der Waals surface area contributed by atoms with Crippen LogP contribution in [0, 0.1) is 0 Å². The van der Waals surface area contributed by atoms with Crippen LogP contribution in [0.25, 0.3) is 21.9 Å². The lowest BCUT2D eigenvalue weighted by Crippen LogP contribution is -1.99. The van der Waals surface area contributed by atoms with E-state index in [-0.39, 0.29) is 0 Å². The lowest BCUT2D eigenvalue weighted by Gasteiger charge is -2.19. The third-order valence-electron chi connectivity index (χ3n) is 4.14. The molecule has 0 aliphatic carbocycles. The zero-order chi connectivity index (χ0) is 13.8. The standard InChI is InChI=1S/C19H12OS/c1-4-8-17-12(5-1)11-13-9-10-16-18(19(13)21-17)14-6-2-3-7-15(14)20-16/h1-10H,11H2. The first-order valence-electron chi connectivity index (χ1n) is 7.09. The van der Waals surface area contributed by atoms with E-state index >= 15 is 0 Å². The Morgan fingerprint density at radius 1 is 0.762 bits per heavy atom. The summed E-state index contributed by atoms with van der Waals surface area (Å²) in [5, 5.41) is 2.49. The van der Waals surface area contributed by atoms with Crippen molar-refractivity contribution in [2.24, 2.45) is 0 Å². The van der Waals surface area contributed by atoms with Gasteiger partial charge >= 0.3 is 0 Å². The van der Waals surface area contributed by atoms with E-state index in [4.69, 9.17) is 4.42 Å². The minimum atomic E-state index is 0.973. The number of hydrogen-bond acceptors (Lipinski definition) is 2. The van der Waals surface area contributed by atoms with Gasteiger partial charge in [-0.2, -0.15) is 0 Å². The Kier molecular flexibility index (Phi) is 2.27. The molecule has 21 heavy (non-hydrogen) atoms. The highest BCUT2D eigenvalue weighted by molar-refractivity contribution is 7.99. The van der Waals surface area contributed by atoms with Crippen LogP contribution in [0.15, 0.2) is 74.9 Å². The largest absolute Gasteiger partial charge is 0.456 e. The molecule has 100 valence electrons. The molecule has 0 N–H and O–H groups in total. The van der Waals surface area contributed by atoms with Crippen LogP contribution in [-0.2, 0) is 6.42 Å². The minimum Gasteiger partial charge on any atom is -0.456 e. The molecule has 5 rings (SSSR count). The first-order valence-corrected chi connectivity index (χ1v) is 7.91. The molecule has 4 aromatic rings. The molecule has 1 aliphatic rings. The van der Waals surface area contributed by atoms with Gasteiger partial charge in [0.2, 0.25) is 0 Å². The Hall–Kier alpha value is -2.19. The molecule has 2 heteroatoms. The van der Waals surface area contributed by atoms with E-state index in [1.165, 1.54) is 31.7 Å². The van der Waals surface area contributed by atoms with Crippen LogP contribution in [0.3, 0.4) is 0 Å². The normalized spacial score (nSPS) is 13.3. The highest BCUT2D eigenvalue weighted by Gasteiger charge is 2.20. The van der Waals surface area contributed by atoms with E-state index in [1.807, 2.05) is 23.9 Å². The molecule has 0 unspecified atom stereocenters. The Labute approximate surface area is 126 Å². The van der Waals surface area contributed by atoms with Crippen molar-refractivity contribution in [2.75, 3.05) is 0 Å². The molecule has 0 saturated heterocycles. The van der Waals surface area contributed by atoms with Crippen molar-refractivity contribution in [3.63, 3.8) is 0 Å². The molecular weight excluding hydrogens is 276 g/mol. The van der Waals surface area contributed by atoms with Gasteiger partial charge in [-0.1, -0.05) is 54.2 Å². The maximum absolute atomic E-state index is 5.99. The van der Waals surface area contributed by atoms with Crippen LogP contribution in [0.4, 0.5) is 0 Å². The van der Waals surface area contributed by atoms with Gasteiger partial charge in [0.25, 0.3) is 0 Å². The second kappa shape index (κ2) is 4.15. The first-order chi connectivity index (χ1) is 10.4. The van der Waals surface area contributed by atoms with Crippen LogP contribution in [0.1, 0.15) is 11.1 Å². The van der Waals surface area contributed by atoms with Gasteiger partial charge < -0.3 is 4.42 Å². The van der Waals surface area contributed by atoms with Crippen molar-refractivity contribution < 1.29 is 4.42 Å². The quantitative estimate of drug-likeness (QED) is 0.366. The van der Waals surface area contributed by atoms with Crippen molar-refractivity contribution in [1.82, 2.24) is 0 Å². The average Bonchev–Trinajstić information content (AvgIpc) is 2.92. The highest BCUT2D eigenvalue weighted by Crippen LogP contribution is 2.45. The summed E-state index contributed by atoms with van der Waals surface area (Å²) in [5.41, 5.74) is 4.78. The van der Waals surface area contributed by atoms with E-state index < -0.39 is 0 Å². The zero-order valence-electron chi connectivity index (χ0n) is 11.3. The maximum Gasteiger partial charge on any atom is 0.136 e. The van der Waals surface area contributed by atoms with Gasteiger partial charge in [0, 0.05) is 20.6 Å². The number of para-hydroxylation sites is 1. The monoisotopic (exact) mass is 288 g/mol. The van der Waals surface area contributed by atoms with E-state index in [0.29, 0.717) is 0 Å². The van der Waals surface area contributed by atoms with Gasteiger partial charge in [-0.25, -0.2) is 0 Å². The molecule has 1 aliphatic heterocycles. The van der Waals surface area contributed by atoms with Gasteiger partial charge in [0.1, 0.15) is 11.2 Å². The maximum atomic E-state index is 5.99. The summed E-state index contributed by atoms with van der Waals surface area (Å²) in [5.74, 6) is 0. The fraction of sp³-hybridized carbons (Fsp3) is 0.0526. The van der Waals surface area contributed by atoms with E-state index in [2.05, 4.69) is 48.5 Å². The predicted octanol–water partition coefficient (Wildman–Crippen LogP) is 5.64. The predicted molar refractivity (Wildman–Crippen MR) is 87.1 cm³/mol. The lowest BCUT2D eigenvalue weighted by atomic mass is 10.0. The summed E-state index contributed by atoms with van der Waals surface area (Å²) in [6, 6.07) is 21.3. The van der Waals surface area contributed by atoms with Gasteiger partial charge in [-0.3, -0.25) is 0 Å². The Bertz CT molecular complexity index is 997. The average molecular weight is 288 g/mol. The minimum absolute atomic E-state index is 0.973. The molecule has 0 fully saturated rings. The Morgan fingerprint density at radius 3 is 2.62 bits per heavy atom. The van der Waals surface area contributed by atoms with E-state index in [0.717, 1.165) is 17.6 Å². The summed E-state index contributed by atoms with van der Waals surface area (Å²) in [4.78, 5) is 2.72. The van der Waals surface area contributed by atoms with Crippen LogP contribution >= 0.6 is 11.8 Å². The van der Waals surface area contributed by atoms with Crippen LogP contribution in [-0.4, -0.2) is 0 Å². The second-order valence-electron chi connectivity index (χ2n) is 5.41. The molecule has 0 atom stereocenters. The number of hydrogen-bond donors (Lipinski definition) is 0. The number of benzene rings is 3. The molecular formula is C19H12OS. The highest BCUT2D eigenvalue weighted by atomic mass is 32.2. The van der Waals surface area contributed by atoms with Crippen molar-refractivity contribution in [3.05, 3.63) is 71.8 Å². The Balaban J connectivity index is 1.86. The molecule has 0 radical (unpaired) electrons. The first kappa shape index (κ1) is 11.5. The smallest absolute Gasteiger partial charge is 0.136 e. The van der Waals surface area contributed by atoms with Gasteiger partial charge in [-0.05, 0) is 35.7 Å². The fourth-order valence-corrected chi connectivity index (χ4v) is 4.37. The third kappa shape index (κ3) is 1.60. The van der Waals surface area contributed by atoms with Crippen molar-refractivity contribution in [2.45, 2.75) is 16.2 Å². The number of rotatable bonds is 0. The SMILES string of the molecule is c1ccc2c(c1)Cc1ccc3oc4ccccc4c3c1S2. The lowest BCUT2D eigenvalue weighted by molar-refractivity contribution is 0.668. The Morgan fingerprint density at radius 2 is 1.62 bits per heavy atom. The molecule has 3 aromatic carbocycles. The molecule has 0 spiro atoms. The summed E-state index contributed by atoms with van der Waals surface area (Å²) in [7, 11) is 0. The van der Waals surface area contributed by atoms with E-state index in [1.54, 1.807) is 0 Å². The number of fused-ring (bicyclic) bond motifs is 6. The van der Waals surface area contributed by atoms with Crippen molar-refractivity contribution >= 4 is 33.7 Å². The number of furan rings is 1. The van der Waals surface area contributed by atoms with Crippen molar-refractivity contribution in [1.29, 1.82) is 0 Å². The summed E-state index contributed by atoms with van der Waals surface area (Å²) < 4.78 is 5.99. The van der Waals surface area contributed by atoms with Crippen LogP contribution in [0.2, 0.25) is 0 Å². The molecule has 0 amide bonds. The molecule has 0 saturated carbocycles. The topological polar surface area (TPSA) is 13.1 Å². The molecule has 1 nitrogen and oxygen atoms in total. The summed E-state index contributed by atoms with van der Waals surface area (Å²) in [6.07, 6.45) is 1.01. The summed E-state index contributed by atoms with van der Waals surface area (Å²) >= 11 is 1.87. The summed E-state index contributed by atoms with van der Waals surface area (Å²) in [6.45, 7) is 0. The van der Waals surface area contributed by atoms with Crippen molar-refractivity contribution in [3.8, 4) is 0 Å². The van der Waals surface area contributed by atoms with Crippen LogP contribution < -0.4 is 0 Å². The molecule has 0 bridgehead atoms. The van der Waals surface area contributed by atoms with E-state index in [9.17, 15) is 0 Å². The third-order valence-corrected chi connectivity index (χ3v) is 5.43. The van der Waals surface area contributed by atoms with Gasteiger partial charge in [0.05, 0.1) is 0 Å².